The lowest BCUT2D eigenvalue weighted by atomic mass is 9.76. The summed E-state index contributed by atoms with van der Waals surface area (Å²) in [5, 5.41) is 0. The van der Waals surface area contributed by atoms with Crippen molar-refractivity contribution in [2.75, 3.05) is 27.2 Å². The first kappa shape index (κ1) is 9.81. The van der Waals surface area contributed by atoms with Crippen LogP contribution < -0.4 is 9.47 Å². The molecule has 0 bridgehead atoms. The predicted molar refractivity (Wildman–Crippen MR) is 94.8 cm³/mol. The van der Waals surface area contributed by atoms with Gasteiger partial charge in [-0.1, -0.05) is 20.8 Å². The molecular formula is C20H29NO3. The Kier molecular flexibility index (Phi) is 2.61. The SMILES string of the molecule is [2H]C([2H])([2H])Oc1cc2c(cc1OC)[C@H]1N(CC2)C([2H])([2H])[C@]([2H])(CC(C)(C)C)C(=O)C1([2H])[2H]. The molecule has 4 nitrogen and oxygen atoms in total. The van der Waals surface area contributed by atoms with E-state index in [0.717, 1.165) is 0 Å². The second kappa shape index (κ2) is 6.40. The third-order valence-electron chi connectivity index (χ3n) is 4.29. The minimum absolute atomic E-state index is 0.0343. The third-order valence-corrected chi connectivity index (χ3v) is 4.29. The fourth-order valence-corrected chi connectivity index (χ4v) is 3.23. The summed E-state index contributed by atoms with van der Waals surface area (Å²) < 4.78 is 76.1. The molecule has 0 unspecified atom stereocenters. The summed E-state index contributed by atoms with van der Waals surface area (Å²) in [7, 11) is -1.40. The van der Waals surface area contributed by atoms with Crippen LogP contribution in [0.4, 0.5) is 0 Å². The fourth-order valence-electron chi connectivity index (χ4n) is 3.23. The molecule has 0 aromatic heterocycles. The van der Waals surface area contributed by atoms with Gasteiger partial charge in [0.1, 0.15) is 5.78 Å². The van der Waals surface area contributed by atoms with Gasteiger partial charge in [0.15, 0.2) is 11.5 Å². The molecule has 0 saturated carbocycles. The molecule has 1 aromatic rings. The van der Waals surface area contributed by atoms with Gasteiger partial charge < -0.3 is 9.47 Å². The first-order valence-corrected chi connectivity index (χ1v) is 8.07. The van der Waals surface area contributed by atoms with Crippen molar-refractivity contribution in [1.29, 1.82) is 0 Å². The van der Waals surface area contributed by atoms with E-state index >= 15 is 0 Å². The average Bonchev–Trinajstić information content (AvgIpc) is 2.61. The van der Waals surface area contributed by atoms with E-state index in [4.69, 9.17) is 20.4 Å². The molecule has 1 saturated heterocycles. The number of rotatable bonds is 3. The average molecular weight is 340 g/mol. The maximum absolute atomic E-state index is 13.4. The zero-order chi connectivity index (χ0) is 24.5. The zero-order valence-corrected chi connectivity index (χ0v) is 14.5. The molecule has 24 heavy (non-hydrogen) atoms. The number of Topliss-reactive ketones (excluding diaryl/α,β-unsaturated/α-hetero) is 1. The minimum atomic E-state index is -2.72. The molecule has 2 aliphatic rings. The van der Waals surface area contributed by atoms with Crippen molar-refractivity contribution in [3.05, 3.63) is 23.3 Å². The Labute approximate surface area is 156 Å². The lowest BCUT2D eigenvalue weighted by Gasteiger charge is -2.44. The molecule has 1 aromatic carbocycles. The molecule has 0 N–H and O–H groups in total. The summed E-state index contributed by atoms with van der Waals surface area (Å²) in [5.74, 6) is -3.38. The van der Waals surface area contributed by atoms with Gasteiger partial charge in [-0.15, -0.1) is 0 Å². The molecule has 0 aliphatic carbocycles. The summed E-state index contributed by atoms with van der Waals surface area (Å²) in [6, 6.07) is 1.57. The maximum Gasteiger partial charge on any atom is 0.161 e. The highest BCUT2D eigenvalue weighted by atomic mass is 16.5. The van der Waals surface area contributed by atoms with Crippen LogP contribution in [0.25, 0.3) is 0 Å². The Morgan fingerprint density at radius 3 is 2.79 bits per heavy atom. The first-order valence-electron chi connectivity index (χ1n) is 12.1. The van der Waals surface area contributed by atoms with Crippen LogP contribution in [0.15, 0.2) is 12.1 Å². The summed E-state index contributed by atoms with van der Waals surface area (Å²) >= 11 is 0. The van der Waals surface area contributed by atoms with Gasteiger partial charge in [0.25, 0.3) is 0 Å². The van der Waals surface area contributed by atoms with E-state index in [2.05, 4.69) is 0 Å². The highest BCUT2D eigenvalue weighted by Crippen LogP contribution is 2.43. The van der Waals surface area contributed by atoms with Gasteiger partial charge in [0.2, 0.25) is 0 Å². The Morgan fingerprint density at radius 2 is 2.12 bits per heavy atom. The van der Waals surface area contributed by atoms with Gasteiger partial charge in [0.05, 0.1) is 18.3 Å². The summed E-state index contributed by atoms with van der Waals surface area (Å²) in [4.78, 5) is 14.6. The lowest BCUT2D eigenvalue weighted by Crippen LogP contribution is -2.47. The molecule has 1 fully saturated rings. The van der Waals surface area contributed by atoms with Crippen LogP contribution in [0.5, 0.6) is 11.5 Å². The Hall–Kier alpha value is -1.55. The zero-order valence-electron chi connectivity index (χ0n) is 22.5. The first-order chi connectivity index (χ1) is 14.3. The Balaban J connectivity index is 2.17. The smallest absolute Gasteiger partial charge is 0.161 e. The van der Waals surface area contributed by atoms with Crippen LogP contribution in [-0.2, 0) is 11.2 Å². The van der Waals surface area contributed by atoms with Crippen molar-refractivity contribution in [1.82, 2.24) is 4.90 Å². The number of benzene rings is 1. The number of ether oxygens (including phenoxy) is 2. The molecule has 2 aliphatic heterocycles. The van der Waals surface area contributed by atoms with Gasteiger partial charge in [-0.2, -0.15) is 0 Å². The van der Waals surface area contributed by atoms with E-state index in [9.17, 15) is 4.79 Å². The number of nitrogens with zero attached hydrogens (tertiary/aromatic N) is 1. The number of carbonyl (C=O) groups excluding carboxylic acids is 1. The largest absolute Gasteiger partial charge is 0.493 e. The van der Waals surface area contributed by atoms with E-state index in [1.54, 1.807) is 20.8 Å². The second-order valence-corrected chi connectivity index (χ2v) is 7.45. The van der Waals surface area contributed by atoms with Gasteiger partial charge in [-0.25, -0.2) is 0 Å². The van der Waals surface area contributed by atoms with Crippen LogP contribution in [0, 0.1) is 11.3 Å². The fraction of sp³-hybridized carbons (Fsp3) is 0.650. The number of fused-ring (bicyclic) bond motifs is 3. The van der Waals surface area contributed by atoms with Crippen LogP contribution in [0.3, 0.4) is 0 Å². The van der Waals surface area contributed by atoms with Crippen molar-refractivity contribution in [2.45, 2.75) is 46.0 Å². The van der Waals surface area contributed by atoms with E-state index in [1.807, 2.05) is 0 Å². The van der Waals surface area contributed by atoms with Crippen molar-refractivity contribution >= 4 is 5.78 Å². The maximum atomic E-state index is 13.4. The van der Waals surface area contributed by atoms with Crippen molar-refractivity contribution in [3.63, 3.8) is 0 Å². The lowest BCUT2D eigenvalue weighted by molar-refractivity contribution is -0.130. The standard InChI is InChI=1S/C20H29NO3/c1-20(2,3)11-14-12-21-7-6-13-8-18(23-4)19(24-5)9-15(13)16(21)10-17(14)22/h8-9,14,16H,6-7,10-12H2,1-5H3/t14-,16-/m0/s1/i4D3,10D2,12D2,14D. The second-order valence-electron chi connectivity index (χ2n) is 7.45. The van der Waals surface area contributed by atoms with Crippen LogP contribution in [0.2, 0.25) is 0 Å². The quantitative estimate of drug-likeness (QED) is 0.843. The number of ketones is 1. The van der Waals surface area contributed by atoms with Crippen LogP contribution >= 0.6 is 0 Å². The van der Waals surface area contributed by atoms with E-state index in [-0.39, 0.29) is 30.9 Å². The van der Waals surface area contributed by atoms with E-state index in [1.165, 1.54) is 24.1 Å². The molecule has 3 rings (SSSR count). The van der Waals surface area contributed by atoms with Crippen LogP contribution in [0.1, 0.15) is 61.7 Å². The summed E-state index contributed by atoms with van der Waals surface area (Å²) in [5.41, 5.74) is 0.296. The van der Waals surface area contributed by atoms with Crippen LogP contribution in [-0.4, -0.2) is 37.9 Å². The minimum Gasteiger partial charge on any atom is -0.493 e. The predicted octanol–water partition coefficient (Wildman–Crippen LogP) is 3.63. The van der Waals surface area contributed by atoms with Gasteiger partial charge >= 0.3 is 0 Å². The summed E-state index contributed by atoms with van der Waals surface area (Å²) in [6.45, 7) is 3.00. The number of piperidine rings is 1. The van der Waals surface area contributed by atoms with Gasteiger partial charge in [0, 0.05) is 38.2 Å². The van der Waals surface area contributed by atoms with Crippen molar-refractivity contribution in [3.8, 4) is 11.5 Å². The third kappa shape index (κ3) is 3.30. The highest BCUT2D eigenvalue weighted by Gasteiger charge is 2.39. The van der Waals surface area contributed by atoms with E-state index < -0.39 is 43.0 Å². The molecule has 4 heteroatoms. The van der Waals surface area contributed by atoms with Gasteiger partial charge in [-0.3, -0.25) is 9.69 Å². The summed E-state index contributed by atoms with van der Waals surface area (Å²) in [6.07, 6.45) is -2.43. The molecule has 132 valence electrons. The molecule has 0 radical (unpaired) electrons. The normalized spacial score (nSPS) is 37.0. The number of hydrogen-bond acceptors (Lipinski definition) is 4. The van der Waals surface area contributed by atoms with Crippen molar-refractivity contribution < 1.29 is 25.2 Å². The Bertz CT molecular complexity index is 925. The Morgan fingerprint density at radius 1 is 1.38 bits per heavy atom. The highest BCUT2D eigenvalue weighted by molar-refractivity contribution is 5.83. The molecule has 0 amide bonds. The van der Waals surface area contributed by atoms with Crippen molar-refractivity contribution in [2.24, 2.45) is 11.3 Å². The molecule has 2 heterocycles. The number of carbonyl (C=O) groups is 1. The van der Waals surface area contributed by atoms with E-state index in [0.29, 0.717) is 11.1 Å². The molecular weight excluding hydrogens is 302 g/mol. The number of methoxy groups -OCH3 is 2. The monoisotopic (exact) mass is 339 g/mol. The van der Waals surface area contributed by atoms with Gasteiger partial charge in [-0.05, 0) is 41.5 Å². The topological polar surface area (TPSA) is 38.8 Å². The molecule has 2 atom stereocenters. The molecule has 0 spiro atoms. The number of hydrogen-bond donors (Lipinski definition) is 0.